The van der Waals surface area contributed by atoms with E-state index in [1.807, 2.05) is 0 Å². The van der Waals surface area contributed by atoms with Crippen molar-refractivity contribution in [2.75, 3.05) is 0 Å². The summed E-state index contributed by atoms with van der Waals surface area (Å²) < 4.78 is 4.98. The van der Waals surface area contributed by atoms with Crippen LogP contribution in [0.3, 0.4) is 0 Å². The van der Waals surface area contributed by atoms with Crippen molar-refractivity contribution in [1.82, 2.24) is 15.0 Å². The van der Waals surface area contributed by atoms with Crippen molar-refractivity contribution in [1.29, 1.82) is 0 Å². The van der Waals surface area contributed by atoms with E-state index in [0.29, 0.717) is 0 Å². The Morgan fingerprint density at radius 2 is 2.29 bits per heavy atom. The summed E-state index contributed by atoms with van der Waals surface area (Å²) in [7, 11) is 0. The number of oxazole rings is 1. The largest absolute Gasteiger partial charge is 0.440 e. The number of rotatable bonds is 3. The van der Waals surface area contributed by atoms with Gasteiger partial charge in [-0.15, -0.1) is 0 Å². The lowest BCUT2D eigenvalue weighted by atomic mass is 10.4. The van der Waals surface area contributed by atoms with Crippen LogP contribution in [0.2, 0.25) is 5.28 Å². The Bertz CT molecular complexity index is 560. The van der Waals surface area contributed by atoms with Crippen LogP contribution in [0, 0.1) is 17.0 Å². The number of halogens is 1. The first-order chi connectivity index (χ1) is 8.08. The molecule has 0 aliphatic rings. The number of nitro groups is 1. The summed E-state index contributed by atoms with van der Waals surface area (Å²) in [6, 6.07) is 0. The molecule has 88 valence electrons. The van der Waals surface area contributed by atoms with Crippen molar-refractivity contribution >= 4 is 29.1 Å². The van der Waals surface area contributed by atoms with Gasteiger partial charge in [-0.1, -0.05) is 0 Å². The molecule has 0 N–H and O–H groups in total. The minimum Gasteiger partial charge on any atom is -0.440 e. The molecule has 2 aromatic heterocycles. The molecule has 0 atom stereocenters. The lowest BCUT2D eigenvalue weighted by Gasteiger charge is -2.01. The first-order valence-electron chi connectivity index (χ1n) is 4.34. The number of hydrogen-bond donors (Lipinski definition) is 0. The van der Waals surface area contributed by atoms with E-state index in [0.717, 1.165) is 11.8 Å². The van der Waals surface area contributed by atoms with Gasteiger partial charge in [0.1, 0.15) is 12.0 Å². The molecule has 9 heteroatoms. The zero-order valence-corrected chi connectivity index (χ0v) is 10.0. The van der Waals surface area contributed by atoms with E-state index in [1.54, 1.807) is 0 Å². The molecule has 0 fully saturated rings. The summed E-state index contributed by atoms with van der Waals surface area (Å²) in [5.74, 6) is 0. The van der Waals surface area contributed by atoms with Gasteiger partial charge in [-0.3, -0.25) is 10.1 Å². The average Bonchev–Trinajstić information content (AvgIpc) is 2.68. The van der Waals surface area contributed by atoms with Crippen LogP contribution in [-0.4, -0.2) is 19.9 Å². The minimum absolute atomic E-state index is 0.0536. The third kappa shape index (κ3) is 2.53. The normalized spacial score (nSPS) is 10.5. The molecule has 7 nitrogen and oxygen atoms in total. The van der Waals surface area contributed by atoms with Crippen molar-refractivity contribution in [3.8, 4) is 0 Å². The fraction of sp³-hybridized carbons (Fsp3) is 0.125. The quantitative estimate of drug-likeness (QED) is 0.366. The maximum Gasteiger partial charge on any atom is 0.322 e. The maximum absolute atomic E-state index is 10.9. The Kier molecular flexibility index (Phi) is 3.25. The number of nitrogens with zero attached hydrogens (tertiary/aromatic N) is 4. The fourth-order valence-electron chi connectivity index (χ4n) is 1.13. The van der Waals surface area contributed by atoms with Crippen LogP contribution in [0.15, 0.2) is 27.1 Å². The van der Waals surface area contributed by atoms with E-state index in [-0.39, 0.29) is 26.9 Å². The summed E-state index contributed by atoms with van der Waals surface area (Å²) in [5.41, 5.74) is 0.00153. The van der Waals surface area contributed by atoms with Crippen LogP contribution in [0.25, 0.3) is 0 Å². The zero-order chi connectivity index (χ0) is 12.4. The summed E-state index contributed by atoms with van der Waals surface area (Å²) >= 11 is 6.58. The van der Waals surface area contributed by atoms with Gasteiger partial charge < -0.3 is 4.42 Å². The van der Waals surface area contributed by atoms with Gasteiger partial charge >= 0.3 is 5.69 Å². The van der Waals surface area contributed by atoms with Gasteiger partial charge in [-0.25, -0.2) is 15.0 Å². The summed E-state index contributed by atoms with van der Waals surface area (Å²) in [5, 5.41) is 11.2. The highest BCUT2D eigenvalue weighted by atomic mass is 35.5. The van der Waals surface area contributed by atoms with Crippen LogP contribution < -0.4 is 0 Å². The fourth-order valence-corrected chi connectivity index (χ4v) is 2.23. The standard InChI is InChI=1S/C8H5ClN4O3S/c1-4-5(13(14)15)6(12-7(9)11-4)17-8-10-2-3-16-8/h2-3H,1H3. The number of aromatic nitrogens is 3. The van der Waals surface area contributed by atoms with Crippen molar-refractivity contribution in [2.24, 2.45) is 0 Å². The Morgan fingerprint density at radius 3 is 2.88 bits per heavy atom. The molecule has 0 aromatic carbocycles. The Balaban J connectivity index is 2.47. The van der Waals surface area contributed by atoms with Gasteiger partial charge in [-0.05, 0) is 30.3 Å². The monoisotopic (exact) mass is 272 g/mol. The van der Waals surface area contributed by atoms with E-state index in [4.69, 9.17) is 16.0 Å². The van der Waals surface area contributed by atoms with Gasteiger partial charge in [0.2, 0.25) is 5.28 Å². The van der Waals surface area contributed by atoms with Gasteiger partial charge in [0, 0.05) is 0 Å². The van der Waals surface area contributed by atoms with Gasteiger partial charge in [0.15, 0.2) is 5.03 Å². The molecule has 0 saturated heterocycles. The molecular weight excluding hydrogens is 268 g/mol. The molecule has 0 spiro atoms. The van der Waals surface area contributed by atoms with Crippen LogP contribution in [0.5, 0.6) is 0 Å². The van der Waals surface area contributed by atoms with Crippen molar-refractivity contribution in [3.63, 3.8) is 0 Å². The molecule has 0 unspecified atom stereocenters. The number of aryl methyl sites for hydroxylation is 1. The smallest absolute Gasteiger partial charge is 0.322 e. The Morgan fingerprint density at radius 1 is 1.53 bits per heavy atom. The van der Waals surface area contributed by atoms with Crippen LogP contribution in [0.4, 0.5) is 5.69 Å². The van der Waals surface area contributed by atoms with Crippen molar-refractivity contribution in [3.05, 3.63) is 33.6 Å². The van der Waals surface area contributed by atoms with Gasteiger partial charge in [0.05, 0.1) is 11.1 Å². The third-order valence-electron chi connectivity index (χ3n) is 1.78. The summed E-state index contributed by atoms with van der Waals surface area (Å²) in [6.45, 7) is 1.49. The second-order valence-corrected chi connectivity index (χ2v) is 4.17. The third-order valence-corrected chi connectivity index (χ3v) is 2.80. The highest BCUT2D eigenvalue weighted by Crippen LogP contribution is 2.34. The molecule has 2 aromatic rings. The first-order valence-corrected chi connectivity index (χ1v) is 5.53. The molecule has 2 rings (SSSR count). The topological polar surface area (TPSA) is 95.0 Å². The highest BCUT2D eigenvalue weighted by molar-refractivity contribution is 7.99. The van der Waals surface area contributed by atoms with E-state index < -0.39 is 4.92 Å². The number of hydrogen-bond acceptors (Lipinski definition) is 7. The summed E-state index contributed by atoms with van der Waals surface area (Å²) in [4.78, 5) is 21.7. The van der Waals surface area contributed by atoms with Crippen LogP contribution >= 0.6 is 23.4 Å². The molecule has 0 aliphatic heterocycles. The molecule has 2 heterocycles. The van der Waals surface area contributed by atoms with Crippen LogP contribution in [-0.2, 0) is 0 Å². The maximum atomic E-state index is 10.9. The molecular formula is C8H5ClN4O3S. The zero-order valence-electron chi connectivity index (χ0n) is 8.45. The highest BCUT2D eigenvalue weighted by Gasteiger charge is 2.23. The van der Waals surface area contributed by atoms with E-state index >= 15 is 0 Å². The first kappa shape index (κ1) is 11.8. The van der Waals surface area contributed by atoms with Crippen molar-refractivity contribution < 1.29 is 9.34 Å². The minimum atomic E-state index is -0.559. The molecule has 0 saturated carbocycles. The predicted molar refractivity (Wildman–Crippen MR) is 59.1 cm³/mol. The SMILES string of the molecule is Cc1nc(Cl)nc(Sc2ncco2)c1[N+](=O)[O-]. The Labute approximate surface area is 104 Å². The van der Waals surface area contributed by atoms with E-state index in [2.05, 4.69) is 15.0 Å². The lowest BCUT2D eigenvalue weighted by Crippen LogP contribution is -2.00. The molecule has 17 heavy (non-hydrogen) atoms. The second-order valence-electron chi connectivity index (χ2n) is 2.89. The van der Waals surface area contributed by atoms with Gasteiger partial charge in [-0.2, -0.15) is 0 Å². The van der Waals surface area contributed by atoms with Gasteiger partial charge in [0.25, 0.3) is 5.22 Å². The molecule has 0 aliphatic carbocycles. The molecule has 0 radical (unpaired) electrons. The lowest BCUT2D eigenvalue weighted by molar-refractivity contribution is -0.389. The van der Waals surface area contributed by atoms with E-state index in [1.165, 1.54) is 19.4 Å². The average molecular weight is 273 g/mol. The van der Waals surface area contributed by atoms with Crippen molar-refractivity contribution in [2.45, 2.75) is 17.2 Å². The second kappa shape index (κ2) is 4.68. The Hall–Kier alpha value is -1.67. The van der Waals surface area contributed by atoms with Crippen LogP contribution in [0.1, 0.15) is 5.69 Å². The predicted octanol–water partition coefficient (Wildman–Crippen LogP) is 2.49. The molecule has 0 bridgehead atoms. The molecule has 0 amide bonds. The summed E-state index contributed by atoms with van der Waals surface area (Å²) in [6.07, 6.45) is 2.80. The van der Waals surface area contributed by atoms with E-state index in [9.17, 15) is 10.1 Å².